The number of hydrogen-bond donors (Lipinski definition) is 1. The fourth-order valence-corrected chi connectivity index (χ4v) is 5.27. The van der Waals surface area contributed by atoms with Crippen molar-refractivity contribution < 1.29 is 4.79 Å². The van der Waals surface area contributed by atoms with Gasteiger partial charge in [0.2, 0.25) is 5.91 Å². The van der Waals surface area contributed by atoms with Crippen LogP contribution in [0.3, 0.4) is 0 Å². The second-order valence-electron chi connectivity index (χ2n) is 8.74. The van der Waals surface area contributed by atoms with Gasteiger partial charge in [0, 0.05) is 37.7 Å². The van der Waals surface area contributed by atoms with Crippen LogP contribution in [0.4, 0.5) is 0 Å². The van der Waals surface area contributed by atoms with Crippen molar-refractivity contribution in [2.24, 2.45) is 0 Å². The fraction of sp³-hybridized carbons (Fsp3) is 0.773. The number of likely N-dealkylation sites (tertiary alicyclic amines) is 1. The third kappa shape index (κ3) is 4.02. The maximum Gasteiger partial charge on any atom is 0.254 e. The number of aromatic amines is 1. The van der Waals surface area contributed by atoms with Crippen LogP contribution in [-0.4, -0.2) is 44.8 Å². The molecular weight excluding hydrogens is 352 g/mol. The lowest BCUT2D eigenvalue weighted by molar-refractivity contribution is -0.135. The molecule has 154 valence electrons. The summed E-state index contributed by atoms with van der Waals surface area (Å²) in [5, 5.41) is 0. The van der Waals surface area contributed by atoms with Crippen LogP contribution in [0.15, 0.2) is 4.79 Å². The van der Waals surface area contributed by atoms with E-state index in [1.165, 1.54) is 32.1 Å². The zero-order valence-corrected chi connectivity index (χ0v) is 17.2. The lowest BCUT2D eigenvalue weighted by Crippen LogP contribution is -2.44. The molecule has 1 amide bonds. The third-order valence-electron chi connectivity index (χ3n) is 6.82. The van der Waals surface area contributed by atoms with Gasteiger partial charge in [0.25, 0.3) is 5.56 Å². The van der Waals surface area contributed by atoms with E-state index in [4.69, 9.17) is 4.98 Å². The van der Waals surface area contributed by atoms with Crippen LogP contribution in [-0.2, 0) is 17.8 Å². The molecule has 1 N–H and O–H groups in total. The lowest BCUT2D eigenvalue weighted by Gasteiger charge is -2.38. The van der Waals surface area contributed by atoms with E-state index < -0.39 is 0 Å². The van der Waals surface area contributed by atoms with Crippen LogP contribution in [0.5, 0.6) is 0 Å². The molecule has 4 rings (SSSR count). The zero-order valence-electron chi connectivity index (χ0n) is 17.2. The molecule has 2 fully saturated rings. The molecule has 0 spiro atoms. The van der Waals surface area contributed by atoms with Crippen molar-refractivity contribution >= 4 is 5.91 Å². The van der Waals surface area contributed by atoms with Crippen LogP contribution >= 0.6 is 0 Å². The number of rotatable bonds is 4. The molecule has 6 heteroatoms. The Morgan fingerprint density at radius 2 is 1.89 bits per heavy atom. The van der Waals surface area contributed by atoms with E-state index in [1.54, 1.807) is 0 Å². The van der Waals surface area contributed by atoms with Crippen LogP contribution in [0.25, 0.3) is 0 Å². The first-order chi connectivity index (χ1) is 13.7. The van der Waals surface area contributed by atoms with Crippen molar-refractivity contribution in [2.45, 2.75) is 96.2 Å². The summed E-state index contributed by atoms with van der Waals surface area (Å²) < 4.78 is 0. The predicted molar refractivity (Wildman–Crippen MR) is 109 cm³/mol. The van der Waals surface area contributed by atoms with Gasteiger partial charge in [0.1, 0.15) is 5.82 Å². The topological polar surface area (TPSA) is 69.3 Å². The summed E-state index contributed by atoms with van der Waals surface area (Å²) in [7, 11) is 0. The Bertz CT molecular complexity index is 753. The monoisotopic (exact) mass is 386 g/mol. The van der Waals surface area contributed by atoms with Crippen LogP contribution in [0.1, 0.15) is 94.3 Å². The summed E-state index contributed by atoms with van der Waals surface area (Å²) in [5.41, 5.74) is 1.82. The number of carbonyl (C=O) groups excluding carboxylic acids is 1. The summed E-state index contributed by atoms with van der Waals surface area (Å²) >= 11 is 0. The summed E-state index contributed by atoms with van der Waals surface area (Å²) in [5.74, 6) is 0.898. The van der Waals surface area contributed by atoms with Crippen LogP contribution in [0, 0.1) is 0 Å². The molecule has 2 aliphatic heterocycles. The highest BCUT2D eigenvalue weighted by molar-refractivity contribution is 5.76. The molecule has 28 heavy (non-hydrogen) atoms. The maximum absolute atomic E-state index is 12.8. The van der Waals surface area contributed by atoms with E-state index in [0.29, 0.717) is 18.3 Å². The average molecular weight is 387 g/mol. The number of carbonyl (C=O) groups is 1. The van der Waals surface area contributed by atoms with Gasteiger partial charge in [-0.2, -0.15) is 0 Å². The quantitative estimate of drug-likeness (QED) is 0.862. The number of piperidine rings is 1. The van der Waals surface area contributed by atoms with Crippen molar-refractivity contribution in [2.75, 3.05) is 13.1 Å². The number of H-pyrrole nitrogens is 1. The number of nitrogens with zero attached hydrogens (tertiary/aromatic N) is 3. The maximum atomic E-state index is 12.8. The van der Waals surface area contributed by atoms with Gasteiger partial charge in [-0.1, -0.05) is 26.2 Å². The highest BCUT2D eigenvalue weighted by Crippen LogP contribution is 2.31. The molecule has 0 aromatic carbocycles. The Balaban J connectivity index is 1.58. The SMILES string of the molecule is CCCC(=O)N1CCCC[C@@H]1c1nc2c(c(=O)[nH]1)CCN(C1CCCCC1)C2. The van der Waals surface area contributed by atoms with E-state index in [2.05, 4.69) is 9.88 Å². The molecule has 1 saturated carbocycles. The largest absolute Gasteiger partial charge is 0.333 e. The number of fused-ring (bicyclic) bond motifs is 1. The summed E-state index contributed by atoms with van der Waals surface area (Å²) in [6, 6.07) is 0.569. The minimum absolute atomic E-state index is 0.0109. The number of nitrogens with one attached hydrogen (secondary N) is 1. The Kier molecular flexibility index (Phi) is 6.14. The van der Waals surface area contributed by atoms with Crippen molar-refractivity contribution in [3.8, 4) is 0 Å². The van der Waals surface area contributed by atoms with Gasteiger partial charge in [-0.15, -0.1) is 0 Å². The number of amides is 1. The van der Waals surface area contributed by atoms with E-state index in [9.17, 15) is 9.59 Å². The van der Waals surface area contributed by atoms with Crippen molar-refractivity contribution in [1.82, 2.24) is 19.8 Å². The van der Waals surface area contributed by atoms with E-state index in [-0.39, 0.29) is 17.5 Å². The van der Waals surface area contributed by atoms with Gasteiger partial charge in [0.05, 0.1) is 11.7 Å². The summed E-state index contributed by atoms with van der Waals surface area (Å²) in [4.78, 5) is 37.9. The minimum atomic E-state index is -0.0733. The highest BCUT2D eigenvalue weighted by atomic mass is 16.2. The molecule has 3 heterocycles. The first-order valence-electron chi connectivity index (χ1n) is 11.3. The van der Waals surface area contributed by atoms with E-state index >= 15 is 0 Å². The fourth-order valence-electron chi connectivity index (χ4n) is 5.27. The number of aromatic nitrogens is 2. The van der Waals surface area contributed by atoms with Crippen LogP contribution in [0.2, 0.25) is 0 Å². The Morgan fingerprint density at radius 1 is 1.11 bits per heavy atom. The third-order valence-corrected chi connectivity index (χ3v) is 6.82. The van der Waals surface area contributed by atoms with Crippen LogP contribution < -0.4 is 5.56 Å². The first kappa shape index (κ1) is 19.6. The summed E-state index contributed by atoms with van der Waals surface area (Å²) in [6.07, 6.45) is 11.8. The van der Waals surface area contributed by atoms with Gasteiger partial charge in [0.15, 0.2) is 0 Å². The minimum Gasteiger partial charge on any atom is -0.333 e. The first-order valence-corrected chi connectivity index (χ1v) is 11.3. The van der Waals surface area contributed by atoms with Gasteiger partial charge < -0.3 is 9.88 Å². The molecule has 1 aromatic heterocycles. The molecule has 1 aliphatic carbocycles. The number of hydrogen-bond acceptors (Lipinski definition) is 4. The average Bonchev–Trinajstić information content (AvgIpc) is 2.74. The van der Waals surface area contributed by atoms with Gasteiger partial charge in [-0.3, -0.25) is 14.5 Å². The van der Waals surface area contributed by atoms with E-state index in [1.807, 2.05) is 11.8 Å². The van der Waals surface area contributed by atoms with Gasteiger partial charge in [-0.25, -0.2) is 4.98 Å². The Labute approximate surface area is 167 Å². The molecule has 6 nitrogen and oxygen atoms in total. The van der Waals surface area contributed by atoms with Crippen molar-refractivity contribution in [3.05, 3.63) is 27.4 Å². The zero-order chi connectivity index (χ0) is 19.5. The second kappa shape index (κ2) is 8.76. The summed E-state index contributed by atoms with van der Waals surface area (Å²) in [6.45, 7) is 4.56. The molecule has 1 aromatic rings. The molecular formula is C22H34N4O2. The normalized spacial score (nSPS) is 24.2. The van der Waals surface area contributed by atoms with Crippen molar-refractivity contribution in [3.63, 3.8) is 0 Å². The van der Waals surface area contributed by atoms with Crippen molar-refractivity contribution in [1.29, 1.82) is 0 Å². The highest BCUT2D eigenvalue weighted by Gasteiger charge is 2.32. The standard InChI is InChI=1S/C22H34N4O2/c1-2-8-20(27)26-13-7-6-11-19(26)21-23-18-15-25(16-9-4-3-5-10-16)14-12-17(18)22(28)24-21/h16,19H,2-15H2,1H3,(H,23,24,28)/t19-/m1/s1. The molecule has 0 bridgehead atoms. The van der Waals surface area contributed by atoms with Gasteiger partial charge in [-0.05, 0) is 44.9 Å². The predicted octanol–water partition coefficient (Wildman–Crippen LogP) is 3.31. The molecule has 3 aliphatic rings. The molecule has 0 unspecified atom stereocenters. The van der Waals surface area contributed by atoms with Gasteiger partial charge >= 0.3 is 0 Å². The molecule has 0 radical (unpaired) electrons. The smallest absolute Gasteiger partial charge is 0.254 e. The Hall–Kier alpha value is -1.69. The Morgan fingerprint density at radius 3 is 2.68 bits per heavy atom. The molecule has 1 saturated heterocycles. The second-order valence-corrected chi connectivity index (χ2v) is 8.74. The van der Waals surface area contributed by atoms with E-state index in [0.717, 1.165) is 63.0 Å². The molecule has 1 atom stereocenters. The lowest BCUT2D eigenvalue weighted by atomic mass is 9.92.